The van der Waals surface area contributed by atoms with Gasteiger partial charge in [-0.2, -0.15) is 0 Å². The summed E-state index contributed by atoms with van der Waals surface area (Å²) in [5.74, 6) is 0.0734. The van der Waals surface area contributed by atoms with Gasteiger partial charge in [-0.1, -0.05) is 25.4 Å². The minimum absolute atomic E-state index is 0.0452. The van der Waals surface area contributed by atoms with Gasteiger partial charge in [0.2, 0.25) is 10.0 Å². The van der Waals surface area contributed by atoms with Crippen LogP contribution in [-0.2, 0) is 14.8 Å². The van der Waals surface area contributed by atoms with Gasteiger partial charge >= 0.3 is 0 Å². The molecule has 1 amide bonds. The summed E-state index contributed by atoms with van der Waals surface area (Å²) in [5, 5.41) is 2.82. The summed E-state index contributed by atoms with van der Waals surface area (Å²) in [5.41, 5.74) is 0.660. The summed E-state index contributed by atoms with van der Waals surface area (Å²) in [6.45, 7) is 3.90. The van der Waals surface area contributed by atoms with E-state index in [0.29, 0.717) is 12.2 Å². The maximum atomic E-state index is 12.2. The van der Waals surface area contributed by atoms with Gasteiger partial charge in [-0.15, -0.1) is 0 Å². The Kier molecular flexibility index (Phi) is 7.90. The average Bonchev–Trinajstić information content (AvgIpc) is 2.61. The zero-order chi connectivity index (χ0) is 20.0. The van der Waals surface area contributed by atoms with Crippen LogP contribution in [0.2, 0.25) is 5.02 Å². The summed E-state index contributed by atoms with van der Waals surface area (Å²) in [6.07, 6.45) is 0. The Hall–Kier alpha value is -1.36. The number of nitrogens with one attached hydrogen (secondary N) is 2. The number of carbonyl (C=O) groups is 1. The topological polar surface area (TPSA) is 84.5 Å². The second-order valence-corrected chi connectivity index (χ2v) is 9.60. The fourth-order valence-electron chi connectivity index (χ4n) is 2.00. The highest BCUT2D eigenvalue weighted by Crippen LogP contribution is 2.27. The van der Waals surface area contributed by atoms with E-state index in [1.807, 2.05) is 26.0 Å². The number of benzene rings is 2. The van der Waals surface area contributed by atoms with E-state index in [9.17, 15) is 13.2 Å². The van der Waals surface area contributed by atoms with Crippen LogP contribution in [0.1, 0.15) is 13.8 Å². The van der Waals surface area contributed by atoms with Crippen molar-refractivity contribution in [2.45, 2.75) is 18.7 Å². The van der Waals surface area contributed by atoms with Crippen LogP contribution in [-0.4, -0.2) is 27.5 Å². The Bertz CT molecular complexity index is 902. The lowest BCUT2D eigenvalue weighted by atomic mass is 10.2. The molecule has 9 heteroatoms. The molecule has 2 aromatic rings. The van der Waals surface area contributed by atoms with Crippen LogP contribution < -0.4 is 14.8 Å². The monoisotopic (exact) mass is 522 g/mol. The van der Waals surface area contributed by atoms with Gasteiger partial charge in [0.05, 0.1) is 9.92 Å². The fraction of sp³-hybridized carbons (Fsp3) is 0.278. The smallest absolute Gasteiger partial charge is 0.262 e. The fourth-order valence-corrected chi connectivity index (χ4v) is 3.90. The third-order valence-electron chi connectivity index (χ3n) is 3.38. The van der Waals surface area contributed by atoms with Gasteiger partial charge in [-0.3, -0.25) is 4.79 Å². The molecule has 0 heterocycles. The molecule has 0 atom stereocenters. The number of hydrogen-bond acceptors (Lipinski definition) is 4. The Morgan fingerprint density at radius 2 is 1.85 bits per heavy atom. The summed E-state index contributed by atoms with van der Waals surface area (Å²) < 4.78 is 33.4. The Labute approximate surface area is 177 Å². The highest BCUT2D eigenvalue weighted by atomic mass is 127. The number of sulfonamides is 1. The molecule has 0 spiro atoms. The molecule has 0 aromatic heterocycles. The highest BCUT2D eigenvalue weighted by Gasteiger charge is 2.16. The van der Waals surface area contributed by atoms with E-state index in [1.165, 1.54) is 18.2 Å². The molecule has 2 N–H and O–H groups in total. The van der Waals surface area contributed by atoms with Gasteiger partial charge in [0, 0.05) is 15.8 Å². The van der Waals surface area contributed by atoms with Crippen molar-refractivity contribution in [3.05, 3.63) is 51.1 Å². The summed E-state index contributed by atoms with van der Waals surface area (Å²) in [7, 11) is -3.64. The molecule has 0 saturated carbocycles. The molecule has 6 nitrogen and oxygen atoms in total. The van der Waals surface area contributed by atoms with Gasteiger partial charge in [-0.25, -0.2) is 13.1 Å². The summed E-state index contributed by atoms with van der Waals surface area (Å²) in [4.78, 5) is 12.0. The van der Waals surface area contributed by atoms with Crippen LogP contribution in [0.3, 0.4) is 0 Å². The van der Waals surface area contributed by atoms with Crippen molar-refractivity contribution in [1.82, 2.24) is 4.72 Å². The molecule has 0 unspecified atom stereocenters. The lowest BCUT2D eigenvalue weighted by Gasteiger charge is -2.12. The predicted octanol–water partition coefficient (Wildman–Crippen LogP) is 3.90. The van der Waals surface area contributed by atoms with E-state index >= 15 is 0 Å². The van der Waals surface area contributed by atoms with Crippen molar-refractivity contribution >= 4 is 55.8 Å². The largest absolute Gasteiger partial charge is 0.482 e. The van der Waals surface area contributed by atoms with Crippen LogP contribution in [0, 0.1) is 9.49 Å². The number of amides is 1. The number of halogens is 2. The SMILES string of the molecule is CC(C)CNS(=O)(=O)c1ccc(OCC(=O)Nc2ccc(I)cc2)c(Cl)c1. The number of rotatable bonds is 8. The maximum absolute atomic E-state index is 12.2. The summed E-state index contributed by atoms with van der Waals surface area (Å²) >= 11 is 8.28. The van der Waals surface area contributed by atoms with Crippen molar-refractivity contribution in [3.8, 4) is 5.75 Å². The molecule has 0 radical (unpaired) electrons. The molecule has 27 heavy (non-hydrogen) atoms. The maximum Gasteiger partial charge on any atom is 0.262 e. The minimum Gasteiger partial charge on any atom is -0.482 e. The van der Waals surface area contributed by atoms with Crippen molar-refractivity contribution in [2.24, 2.45) is 5.92 Å². The van der Waals surface area contributed by atoms with Crippen LogP contribution in [0.25, 0.3) is 0 Å². The number of ether oxygens (including phenoxy) is 1. The molecule has 0 bridgehead atoms. The lowest BCUT2D eigenvalue weighted by Crippen LogP contribution is -2.27. The van der Waals surface area contributed by atoms with E-state index in [-0.39, 0.29) is 34.1 Å². The average molecular weight is 523 g/mol. The number of hydrogen-bond donors (Lipinski definition) is 2. The molecule has 0 aliphatic rings. The van der Waals surface area contributed by atoms with E-state index in [0.717, 1.165) is 3.57 Å². The zero-order valence-corrected chi connectivity index (χ0v) is 18.6. The van der Waals surface area contributed by atoms with Crippen molar-refractivity contribution in [2.75, 3.05) is 18.5 Å². The van der Waals surface area contributed by atoms with Crippen molar-refractivity contribution in [3.63, 3.8) is 0 Å². The van der Waals surface area contributed by atoms with Gasteiger partial charge in [0.15, 0.2) is 6.61 Å². The van der Waals surface area contributed by atoms with Crippen molar-refractivity contribution < 1.29 is 17.9 Å². The van der Waals surface area contributed by atoms with Gasteiger partial charge in [0.25, 0.3) is 5.91 Å². The molecule has 0 saturated heterocycles. The Morgan fingerprint density at radius 3 is 2.44 bits per heavy atom. The van der Waals surface area contributed by atoms with Gasteiger partial charge in [0.1, 0.15) is 5.75 Å². The van der Waals surface area contributed by atoms with Gasteiger partial charge < -0.3 is 10.1 Å². The first kappa shape index (κ1) is 21.9. The zero-order valence-electron chi connectivity index (χ0n) is 14.8. The third kappa shape index (κ3) is 6.95. The Morgan fingerprint density at radius 1 is 1.19 bits per heavy atom. The molecular formula is C18H20ClIN2O4S. The van der Waals surface area contributed by atoms with Crippen LogP contribution in [0.15, 0.2) is 47.4 Å². The van der Waals surface area contributed by atoms with E-state index < -0.39 is 10.0 Å². The van der Waals surface area contributed by atoms with Crippen LogP contribution in [0.4, 0.5) is 5.69 Å². The number of carbonyl (C=O) groups excluding carboxylic acids is 1. The van der Waals surface area contributed by atoms with E-state index in [1.54, 1.807) is 12.1 Å². The van der Waals surface area contributed by atoms with E-state index in [4.69, 9.17) is 16.3 Å². The van der Waals surface area contributed by atoms with Crippen molar-refractivity contribution in [1.29, 1.82) is 0 Å². The predicted molar refractivity (Wildman–Crippen MR) is 115 cm³/mol. The van der Waals surface area contributed by atoms with E-state index in [2.05, 4.69) is 32.6 Å². The molecule has 146 valence electrons. The first-order valence-corrected chi connectivity index (χ1v) is 11.1. The molecule has 2 aromatic carbocycles. The summed E-state index contributed by atoms with van der Waals surface area (Å²) in [6, 6.07) is 11.5. The quantitative estimate of drug-likeness (QED) is 0.515. The van der Waals surface area contributed by atoms with Crippen LogP contribution in [0.5, 0.6) is 5.75 Å². The minimum atomic E-state index is -3.64. The molecule has 2 rings (SSSR count). The normalized spacial score (nSPS) is 11.4. The molecular weight excluding hydrogens is 503 g/mol. The second-order valence-electron chi connectivity index (χ2n) is 6.18. The van der Waals surface area contributed by atoms with Crippen LogP contribution >= 0.6 is 34.2 Å². The first-order valence-electron chi connectivity index (χ1n) is 8.15. The third-order valence-corrected chi connectivity index (χ3v) is 5.82. The molecule has 0 fully saturated rings. The standard InChI is InChI=1S/C18H20ClIN2O4S/c1-12(2)10-21-27(24,25)15-7-8-17(16(19)9-15)26-11-18(23)22-14-5-3-13(20)4-6-14/h3-9,12,21H,10-11H2,1-2H3,(H,22,23). The lowest BCUT2D eigenvalue weighted by molar-refractivity contribution is -0.118. The number of anilines is 1. The Balaban J connectivity index is 1.97. The first-order chi connectivity index (χ1) is 12.7. The highest BCUT2D eigenvalue weighted by molar-refractivity contribution is 14.1. The second kappa shape index (κ2) is 9.72. The molecule has 0 aliphatic heterocycles. The van der Waals surface area contributed by atoms with Gasteiger partial charge in [-0.05, 0) is 71.0 Å². The molecule has 0 aliphatic carbocycles.